The number of pyridine rings is 1. The molecule has 0 fully saturated rings. The quantitative estimate of drug-likeness (QED) is 0.612. The molecule has 0 radical (unpaired) electrons. The highest BCUT2D eigenvalue weighted by molar-refractivity contribution is 5.40. The van der Waals surface area contributed by atoms with Gasteiger partial charge in [0.25, 0.3) is 5.69 Å². The number of benzene rings is 1. The molecule has 0 unspecified atom stereocenters. The van der Waals surface area contributed by atoms with Crippen LogP contribution in [0.25, 0.3) is 0 Å². The number of rotatable bonds is 4. The standard InChI is InChI=1S/C13H12N2O3/c1-10-8-14-13(7-12(10)15(16)17)18-9-11-5-3-2-4-6-11/h2-8H,9H2,1H3. The minimum atomic E-state index is -0.438. The SMILES string of the molecule is Cc1cnc(OCc2ccccc2)cc1[N+](=O)[O-]. The summed E-state index contributed by atoms with van der Waals surface area (Å²) in [5.74, 6) is 0.260. The predicted molar refractivity (Wildman–Crippen MR) is 66.4 cm³/mol. The Morgan fingerprint density at radius 2 is 2.06 bits per heavy atom. The fourth-order valence-corrected chi connectivity index (χ4v) is 1.50. The molecular formula is C13H12N2O3. The van der Waals surface area contributed by atoms with E-state index < -0.39 is 4.92 Å². The molecule has 1 aromatic carbocycles. The van der Waals surface area contributed by atoms with Crippen LogP contribution in [0.5, 0.6) is 5.88 Å². The number of hydrogen-bond acceptors (Lipinski definition) is 4. The van der Waals surface area contributed by atoms with E-state index in [1.807, 2.05) is 30.3 Å². The number of nitro groups is 1. The molecule has 2 aromatic rings. The summed E-state index contributed by atoms with van der Waals surface area (Å²) in [7, 11) is 0. The lowest BCUT2D eigenvalue weighted by Crippen LogP contribution is -1.99. The van der Waals surface area contributed by atoms with E-state index in [4.69, 9.17) is 4.74 Å². The third-order valence-electron chi connectivity index (χ3n) is 2.48. The summed E-state index contributed by atoms with van der Waals surface area (Å²) >= 11 is 0. The zero-order chi connectivity index (χ0) is 13.0. The zero-order valence-corrected chi connectivity index (χ0v) is 9.87. The molecule has 0 spiro atoms. The normalized spacial score (nSPS) is 10.1. The van der Waals surface area contributed by atoms with Gasteiger partial charge in [-0.25, -0.2) is 4.98 Å². The van der Waals surface area contributed by atoms with E-state index in [0.29, 0.717) is 12.2 Å². The summed E-state index contributed by atoms with van der Waals surface area (Å²) in [5.41, 5.74) is 1.53. The lowest BCUT2D eigenvalue weighted by molar-refractivity contribution is -0.385. The smallest absolute Gasteiger partial charge is 0.279 e. The summed E-state index contributed by atoms with van der Waals surface area (Å²) in [6.45, 7) is 1.99. The van der Waals surface area contributed by atoms with Crippen LogP contribution >= 0.6 is 0 Å². The number of nitrogens with zero attached hydrogens (tertiary/aromatic N) is 2. The Hall–Kier alpha value is -2.43. The second kappa shape index (κ2) is 5.27. The largest absolute Gasteiger partial charge is 0.473 e. The maximum Gasteiger partial charge on any atom is 0.279 e. The van der Waals surface area contributed by atoms with E-state index >= 15 is 0 Å². The van der Waals surface area contributed by atoms with Crippen LogP contribution in [-0.4, -0.2) is 9.91 Å². The lowest BCUT2D eigenvalue weighted by Gasteiger charge is -2.05. The first-order chi connectivity index (χ1) is 8.66. The highest BCUT2D eigenvalue weighted by atomic mass is 16.6. The summed E-state index contributed by atoms with van der Waals surface area (Å²) < 4.78 is 5.42. The van der Waals surface area contributed by atoms with Crippen LogP contribution in [0.3, 0.4) is 0 Å². The van der Waals surface area contributed by atoms with Gasteiger partial charge in [-0.05, 0) is 12.5 Å². The molecule has 0 N–H and O–H groups in total. The minimum Gasteiger partial charge on any atom is -0.473 e. The average Bonchev–Trinajstić information content (AvgIpc) is 2.38. The fraction of sp³-hybridized carbons (Fsp3) is 0.154. The molecule has 0 saturated heterocycles. The Morgan fingerprint density at radius 3 is 2.72 bits per heavy atom. The number of aryl methyl sites for hydroxylation is 1. The van der Waals surface area contributed by atoms with E-state index in [1.165, 1.54) is 12.3 Å². The molecule has 92 valence electrons. The Morgan fingerprint density at radius 1 is 1.33 bits per heavy atom. The van der Waals surface area contributed by atoms with Crippen molar-refractivity contribution in [2.75, 3.05) is 0 Å². The van der Waals surface area contributed by atoms with Crippen molar-refractivity contribution in [2.24, 2.45) is 0 Å². The fourth-order valence-electron chi connectivity index (χ4n) is 1.50. The first kappa shape index (κ1) is 12.0. The molecule has 0 amide bonds. The third-order valence-corrected chi connectivity index (χ3v) is 2.48. The monoisotopic (exact) mass is 244 g/mol. The molecular weight excluding hydrogens is 232 g/mol. The highest BCUT2D eigenvalue weighted by Gasteiger charge is 2.12. The van der Waals surface area contributed by atoms with Crippen LogP contribution in [0.4, 0.5) is 5.69 Å². The summed E-state index contributed by atoms with van der Waals surface area (Å²) in [4.78, 5) is 14.3. The second-order valence-electron chi connectivity index (χ2n) is 3.84. The van der Waals surface area contributed by atoms with Gasteiger partial charge in [0.15, 0.2) is 0 Å². The van der Waals surface area contributed by atoms with Gasteiger partial charge in [-0.2, -0.15) is 0 Å². The molecule has 0 bridgehead atoms. The van der Waals surface area contributed by atoms with E-state index in [-0.39, 0.29) is 11.6 Å². The van der Waals surface area contributed by atoms with Crippen LogP contribution in [0.15, 0.2) is 42.6 Å². The van der Waals surface area contributed by atoms with Gasteiger partial charge in [-0.3, -0.25) is 10.1 Å². The van der Waals surface area contributed by atoms with Crippen molar-refractivity contribution in [3.05, 3.63) is 63.8 Å². The summed E-state index contributed by atoms with van der Waals surface area (Å²) in [6.07, 6.45) is 1.44. The summed E-state index contributed by atoms with van der Waals surface area (Å²) in [5, 5.41) is 10.8. The molecule has 2 rings (SSSR count). The Balaban J connectivity index is 2.11. The second-order valence-corrected chi connectivity index (χ2v) is 3.84. The van der Waals surface area contributed by atoms with Crippen molar-refractivity contribution in [1.29, 1.82) is 0 Å². The first-order valence-electron chi connectivity index (χ1n) is 5.44. The van der Waals surface area contributed by atoms with E-state index in [0.717, 1.165) is 5.56 Å². The van der Waals surface area contributed by atoms with E-state index in [2.05, 4.69) is 4.98 Å². The van der Waals surface area contributed by atoms with E-state index in [9.17, 15) is 10.1 Å². The molecule has 0 atom stereocenters. The van der Waals surface area contributed by atoms with Crippen LogP contribution in [0.1, 0.15) is 11.1 Å². The first-order valence-corrected chi connectivity index (χ1v) is 5.44. The van der Waals surface area contributed by atoms with Gasteiger partial charge < -0.3 is 4.74 Å². The van der Waals surface area contributed by atoms with Crippen molar-refractivity contribution in [1.82, 2.24) is 4.98 Å². The van der Waals surface area contributed by atoms with Crippen molar-refractivity contribution in [3.63, 3.8) is 0 Å². The summed E-state index contributed by atoms with van der Waals surface area (Å²) in [6, 6.07) is 10.9. The predicted octanol–water partition coefficient (Wildman–Crippen LogP) is 2.88. The van der Waals surface area contributed by atoms with Crippen molar-refractivity contribution in [2.45, 2.75) is 13.5 Å². The van der Waals surface area contributed by atoms with E-state index in [1.54, 1.807) is 6.92 Å². The number of aromatic nitrogens is 1. The average molecular weight is 244 g/mol. The van der Waals surface area contributed by atoms with Gasteiger partial charge in [0.2, 0.25) is 5.88 Å². The maximum absolute atomic E-state index is 10.8. The Bertz CT molecular complexity index is 555. The van der Waals surface area contributed by atoms with Crippen LogP contribution in [0, 0.1) is 17.0 Å². The molecule has 5 heteroatoms. The minimum absolute atomic E-state index is 0.0214. The van der Waals surface area contributed by atoms with Crippen molar-refractivity contribution in [3.8, 4) is 5.88 Å². The molecule has 1 aromatic heterocycles. The highest BCUT2D eigenvalue weighted by Crippen LogP contribution is 2.21. The molecule has 0 saturated carbocycles. The number of hydrogen-bond donors (Lipinski definition) is 0. The zero-order valence-electron chi connectivity index (χ0n) is 9.87. The Labute approximate surface area is 104 Å². The van der Waals surface area contributed by atoms with Crippen molar-refractivity contribution >= 4 is 5.69 Å². The topological polar surface area (TPSA) is 65.3 Å². The maximum atomic E-state index is 10.8. The molecule has 0 aliphatic heterocycles. The van der Waals surface area contributed by atoms with Crippen LogP contribution in [-0.2, 0) is 6.61 Å². The van der Waals surface area contributed by atoms with Crippen LogP contribution in [0.2, 0.25) is 0 Å². The molecule has 0 aliphatic rings. The molecule has 0 aliphatic carbocycles. The van der Waals surface area contributed by atoms with Crippen LogP contribution < -0.4 is 4.74 Å². The van der Waals surface area contributed by atoms with Gasteiger partial charge in [-0.15, -0.1) is 0 Å². The van der Waals surface area contributed by atoms with Gasteiger partial charge >= 0.3 is 0 Å². The lowest BCUT2D eigenvalue weighted by atomic mass is 10.2. The molecule has 18 heavy (non-hydrogen) atoms. The van der Waals surface area contributed by atoms with Gasteiger partial charge in [-0.1, -0.05) is 30.3 Å². The van der Waals surface area contributed by atoms with Gasteiger partial charge in [0.1, 0.15) is 6.61 Å². The third kappa shape index (κ3) is 2.82. The molecule has 1 heterocycles. The van der Waals surface area contributed by atoms with Crippen molar-refractivity contribution < 1.29 is 9.66 Å². The number of ether oxygens (including phenoxy) is 1. The Kier molecular flexibility index (Phi) is 3.52. The molecule has 5 nitrogen and oxygen atoms in total. The van der Waals surface area contributed by atoms with Gasteiger partial charge in [0.05, 0.1) is 11.0 Å². The van der Waals surface area contributed by atoms with Gasteiger partial charge in [0, 0.05) is 11.8 Å².